The molecule has 0 saturated heterocycles. The molecular formula is C18H19NO4. The number of rotatable bonds is 4. The normalized spacial score (nSPS) is 21.7. The predicted octanol–water partition coefficient (Wildman–Crippen LogP) is 2.26. The summed E-state index contributed by atoms with van der Waals surface area (Å²) in [5.74, 6) is 3.22. The quantitative estimate of drug-likeness (QED) is 0.938. The van der Waals surface area contributed by atoms with Crippen LogP contribution in [0.1, 0.15) is 0 Å². The van der Waals surface area contributed by atoms with Crippen molar-refractivity contribution >= 4 is 0 Å². The topological polar surface area (TPSA) is 49.0 Å². The Morgan fingerprint density at radius 3 is 1.61 bits per heavy atom. The van der Waals surface area contributed by atoms with Crippen molar-refractivity contribution < 1.29 is 18.9 Å². The summed E-state index contributed by atoms with van der Waals surface area (Å²) in [6.45, 7) is 2.51. The molecule has 0 fully saturated rings. The summed E-state index contributed by atoms with van der Waals surface area (Å²) < 4.78 is 23.2. The molecule has 2 atom stereocenters. The fourth-order valence-electron chi connectivity index (χ4n) is 2.73. The first-order chi connectivity index (χ1) is 11.4. The van der Waals surface area contributed by atoms with E-state index in [4.69, 9.17) is 18.9 Å². The van der Waals surface area contributed by atoms with Gasteiger partial charge in [0.2, 0.25) is 0 Å². The van der Waals surface area contributed by atoms with Crippen LogP contribution in [0.15, 0.2) is 48.5 Å². The molecular weight excluding hydrogens is 294 g/mol. The molecule has 0 unspecified atom stereocenters. The highest BCUT2D eigenvalue weighted by atomic mass is 16.6. The number of para-hydroxylation sites is 4. The monoisotopic (exact) mass is 313 g/mol. The number of hydrogen-bond acceptors (Lipinski definition) is 5. The molecule has 0 bridgehead atoms. The summed E-state index contributed by atoms with van der Waals surface area (Å²) in [6, 6.07) is 15.5. The Morgan fingerprint density at radius 2 is 1.13 bits per heavy atom. The molecule has 0 amide bonds. The van der Waals surface area contributed by atoms with Gasteiger partial charge in [0.05, 0.1) is 0 Å². The molecule has 0 spiro atoms. The van der Waals surface area contributed by atoms with Gasteiger partial charge in [-0.3, -0.25) is 0 Å². The minimum absolute atomic E-state index is 0.00157. The second kappa shape index (κ2) is 6.38. The maximum atomic E-state index is 5.92. The van der Waals surface area contributed by atoms with Gasteiger partial charge >= 0.3 is 0 Å². The molecule has 4 rings (SSSR count). The van der Waals surface area contributed by atoms with Crippen molar-refractivity contribution in [1.82, 2.24) is 5.32 Å². The van der Waals surface area contributed by atoms with E-state index in [0.717, 1.165) is 23.0 Å². The summed E-state index contributed by atoms with van der Waals surface area (Å²) in [5, 5.41) is 3.38. The van der Waals surface area contributed by atoms with Crippen LogP contribution < -0.4 is 24.3 Å². The molecule has 0 aliphatic carbocycles. The number of nitrogens with one attached hydrogen (secondary N) is 1. The van der Waals surface area contributed by atoms with E-state index in [1.807, 2.05) is 48.5 Å². The van der Waals surface area contributed by atoms with E-state index in [1.165, 1.54) is 0 Å². The SMILES string of the molecule is c1ccc2c(c1)OC[C@@H](CNC[C@@H]1COc3ccccc3O1)O2. The number of ether oxygens (including phenoxy) is 4. The first kappa shape index (κ1) is 14.2. The van der Waals surface area contributed by atoms with Crippen LogP contribution in [0, 0.1) is 0 Å². The van der Waals surface area contributed by atoms with Gasteiger partial charge in [0, 0.05) is 13.1 Å². The second-order valence-corrected chi connectivity index (χ2v) is 5.65. The maximum Gasteiger partial charge on any atom is 0.161 e. The van der Waals surface area contributed by atoms with E-state index < -0.39 is 0 Å². The first-order valence-corrected chi connectivity index (χ1v) is 7.86. The van der Waals surface area contributed by atoms with Gasteiger partial charge in [-0.25, -0.2) is 0 Å². The van der Waals surface area contributed by atoms with E-state index in [1.54, 1.807) is 0 Å². The van der Waals surface area contributed by atoms with Gasteiger partial charge in [-0.05, 0) is 24.3 Å². The fraction of sp³-hybridized carbons (Fsp3) is 0.333. The number of fused-ring (bicyclic) bond motifs is 2. The summed E-state index contributed by atoms with van der Waals surface area (Å²) in [6.07, 6.45) is 0.00314. The molecule has 2 heterocycles. The Morgan fingerprint density at radius 1 is 0.696 bits per heavy atom. The van der Waals surface area contributed by atoms with Crippen molar-refractivity contribution in [2.24, 2.45) is 0 Å². The summed E-state index contributed by atoms with van der Waals surface area (Å²) in [5.41, 5.74) is 0. The zero-order valence-corrected chi connectivity index (χ0v) is 12.7. The van der Waals surface area contributed by atoms with E-state index in [2.05, 4.69) is 5.32 Å². The van der Waals surface area contributed by atoms with Crippen LogP contribution >= 0.6 is 0 Å². The third kappa shape index (κ3) is 3.19. The van der Waals surface area contributed by atoms with Crippen LogP contribution in [-0.2, 0) is 0 Å². The Kier molecular flexibility index (Phi) is 3.94. The van der Waals surface area contributed by atoms with Crippen LogP contribution in [0.5, 0.6) is 23.0 Å². The zero-order chi connectivity index (χ0) is 15.5. The summed E-state index contributed by atoms with van der Waals surface area (Å²) in [4.78, 5) is 0. The largest absolute Gasteiger partial charge is 0.486 e. The smallest absolute Gasteiger partial charge is 0.161 e. The van der Waals surface area contributed by atoms with Crippen molar-refractivity contribution in [3.05, 3.63) is 48.5 Å². The minimum Gasteiger partial charge on any atom is -0.486 e. The average molecular weight is 313 g/mol. The Balaban J connectivity index is 1.26. The van der Waals surface area contributed by atoms with E-state index in [0.29, 0.717) is 26.3 Å². The molecule has 0 radical (unpaired) electrons. The first-order valence-electron chi connectivity index (χ1n) is 7.86. The lowest BCUT2D eigenvalue weighted by Gasteiger charge is -2.29. The van der Waals surface area contributed by atoms with Crippen molar-refractivity contribution in [3.63, 3.8) is 0 Å². The highest BCUT2D eigenvalue weighted by Gasteiger charge is 2.23. The molecule has 5 heteroatoms. The van der Waals surface area contributed by atoms with Crippen LogP contribution in [-0.4, -0.2) is 38.5 Å². The molecule has 5 nitrogen and oxygen atoms in total. The van der Waals surface area contributed by atoms with Gasteiger partial charge < -0.3 is 24.3 Å². The van der Waals surface area contributed by atoms with Gasteiger partial charge in [-0.2, -0.15) is 0 Å². The van der Waals surface area contributed by atoms with Gasteiger partial charge in [0.15, 0.2) is 23.0 Å². The van der Waals surface area contributed by atoms with Crippen LogP contribution in [0.2, 0.25) is 0 Å². The fourth-order valence-corrected chi connectivity index (χ4v) is 2.73. The van der Waals surface area contributed by atoms with Crippen LogP contribution in [0.4, 0.5) is 0 Å². The molecule has 1 N–H and O–H groups in total. The number of hydrogen-bond donors (Lipinski definition) is 1. The van der Waals surface area contributed by atoms with E-state index in [9.17, 15) is 0 Å². The molecule has 2 aromatic rings. The molecule has 2 aliphatic heterocycles. The van der Waals surface area contributed by atoms with Crippen molar-refractivity contribution in [2.45, 2.75) is 12.2 Å². The van der Waals surface area contributed by atoms with Gasteiger partial charge in [-0.1, -0.05) is 24.3 Å². The maximum absolute atomic E-state index is 5.92. The van der Waals surface area contributed by atoms with Crippen molar-refractivity contribution in [1.29, 1.82) is 0 Å². The third-order valence-corrected chi connectivity index (χ3v) is 3.88. The van der Waals surface area contributed by atoms with Crippen molar-refractivity contribution in [3.8, 4) is 23.0 Å². The van der Waals surface area contributed by atoms with Gasteiger partial charge in [0.25, 0.3) is 0 Å². The molecule has 23 heavy (non-hydrogen) atoms. The highest BCUT2D eigenvalue weighted by Crippen LogP contribution is 2.31. The molecule has 0 aromatic heterocycles. The molecule has 120 valence electrons. The zero-order valence-electron chi connectivity index (χ0n) is 12.7. The van der Waals surface area contributed by atoms with Crippen LogP contribution in [0.3, 0.4) is 0 Å². The molecule has 0 saturated carbocycles. The van der Waals surface area contributed by atoms with Crippen LogP contribution in [0.25, 0.3) is 0 Å². The molecule has 2 aromatic carbocycles. The average Bonchev–Trinajstić information content (AvgIpc) is 2.61. The Hall–Kier alpha value is -2.40. The third-order valence-electron chi connectivity index (χ3n) is 3.88. The van der Waals surface area contributed by atoms with Crippen molar-refractivity contribution in [2.75, 3.05) is 26.3 Å². The van der Waals surface area contributed by atoms with E-state index in [-0.39, 0.29) is 12.2 Å². The summed E-state index contributed by atoms with van der Waals surface area (Å²) >= 11 is 0. The Labute approximate surface area is 135 Å². The lowest BCUT2D eigenvalue weighted by molar-refractivity contribution is 0.0727. The van der Waals surface area contributed by atoms with Gasteiger partial charge in [0.1, 0.15) is 25.4 Å². The predicted molar refractivity (Wildman–Crippen MR) is 85.6 cm³/mol. The minimum atomic E-state index is 0.00157. The lowest BCUT2D eigenvalue weighted by atomic mass is 10.2. The standard InChI is InChI=1S/C18H19NO4/c1-3-7-17-15(5-1)20-11-13(22-17)9-19-10-14-12-21-16-6-2-4-8-18(16)23-14/h1-8,13-14,19H,9-12H2/t13-,14-/m1/s1. The second-order valence-electron chi connectivity index (χ2n) is 5.65. The van der Waals surface area contributed by atoms with Gasteiger partial charge in [-0.15, -0.1) is 0 Å². The van der Waals surface area contributed by atoms with E-state index >= 15 is 0 Å². The lowest BCUT2D eigenvalue weighted by Crippen LogP contribution is -2.44. The highest BCUT2D eigenvalue weighted by molar-refractivity contribution is 5.41. The number of benzene rings is 2. The summed E-state index contributed by atoms with van der Waals surface area (Å²) in [7, 11) is 0. The Bertz CT molecular complexity index is 618. The molecule has 2 aliphatic rings.